The first-order chi connectivity index (χ1) is 8.55. The van der Waals surface area contributed by atoms with Gasteiger partial charge in [0.05, 0.1) is 6.42 Å². The molecule has 1 aliphatic carbocycles. The van der Waals surface area contributed by atoms with Crippen LogP contribution in [0, 0.1) is 0 Å². The summed E-state index contributed by atoms with van der Waals surface area (Å²) in [4.78, 5) is 19.3. The number of amides is 1. The third-order valence-electron chi connectivity index (χ3n) is 3.06. The molecule has 0 aliphatic heterocycles. The number of aromatic nitrogens is 2. The molecule has 1 aliphatic rings. The number of carbonyl (C=O) groups is 1. The number of nitrogens with zero attached hydrogens (tertiary/aromatic N) is 2. The first kappa shape index (κ1) is 12.9. The minimum Gasteiger partial charge on any atom is -0.353 e. The summed E-state index contributed by atoms with van der Waals surface area (Å²) in [6.07, 6.45) is 5.11. The predicted molar refractivity (Wildman–Crippen MR) is 61.1 cm³/mol. The van der Waals surface area contributed by atoms with Crippen LogP contribution in [-0.4, -0.2) is 27.8 Å². The quantitative estimate of drug-likeness (QED) is 0.894. The van der Waals surface area contributed by atoms with Gasteiger partial charge in [-0.2, -0.15) is 0 Å². The second-order valence-electron chi connectivity index (χ2n) is 4.62. The normalized spacial score (nSPS) is 19.4. The van der Waals surface area contributed by atoms with E-state index >= 15 is 0 Å². The molecule has 0 bridgehead atoms. The lowest BCUT2D eigenvalue weighted by Crippen LogP contribution is -2.40. The van der Waals surface area contributed by atoms with E-state index in [2.05, 4.69) is 15.3 Å². The zero-order valence-corrected chi connectivity index (χ0v) is 9.90. The molecule has 1 N–H and O–H groups in total. The first-order valence-electron chi connectivity index (χ1n) is 5.96. The Hall–Kier alpha value is -1.59. The average molecular weight is 255 g/mol. The van der Waals surface area contributed by atoms with E-state index in [-0.39, 0.29) is 31.2 Å². The van der Waals surface area contributed by atoms with Crippen molar-refractivity contribution in [2.24, 2.45) is 0 Å². The first-order valence-corrected chi connectivity index (χ1v) is 5.96. The number of alkyl halides is 2. The number of hydrogen-bond acceptors (Lipinski definition) is 3. The molecule has 6 heteroatoms. The van der Waals surface area contributed by atoms with E-state index in [4.69, 9.17) is 0 Å². The summed E-state index contributed by atoms with van der Waals surface area (Å²) in [6.45, 7) is 0. The summed E-state index contributed by atoms with van der Waals surface area (Å²) in [5.74, 6) is -2.73. The van der Waals surface area contributed by atoms with Gasteiger partial charge in [0.2, 0.25) is 11.8 Å². The monoisotopic (exact) mass is 255 g/mol. The van der Waals surface area contributed by atoms with Gasteiger partial charge in [0.25, 0.3) is 0 Å². The van der Waals surface area contributed by atoms with Gasteiger partial charge in [-0.1, -0.05) is 0 Å². The zero-order chi connectivity index (χ0) is 13.0. The molecule has 0 spiro atoms. The lowest BCUT2D eigenvalue weighted by molar-refractivity contribution is -0.122. The third kappa shape index (κ3) is 3.72. The fraction of sp³-hybridized carbons (Fsp3) is 0.583. The van der Waals surface area contributed by atoms with Crippen LogP contribution in [0.25, 0.3) is 0 Å². The molecule has 1 aromatic heterocycles. The standard InChI is InChI=1S/C12H15F2N3O/c13-12(14)3-1-10(2-4-12)17-11(18)5-9-6-15-8-16-7-9/h6-8,10H,1-5H2,(H,17,18). The maximum Gasteiger partial charge on any atom is 0.248 e. The topological polar surface area (TPSA) is 54.9 Å². The van der Waals surface area contributed by atoms with Crippen molar-refractivity contribution in [1.82, 2.24) is 15.3 Å². The summed E-state index contributed by atoms with van der Waals surface area (Å²) < 4.78 is 25.9. The minimum atomic E-state index is -2.56. The van der Waals surface area contributed by atoms with Gasteiger partial charge < -0.3 is 5.32 Å². The zero-order valence-electron chi connectivity index (χ0n) is 9.90. The third-order valence-corrected chi connectivity index (χ3v) is 3.06. The largest absolute Gasteiger partial charge is 0.353 e. The van der Waals surface area contributed by atoms with Crippen molar-refractivity contribution >= 4 is 5.91 Å². The van der Waals surface area contributed by atoms with Crippen LogP contribution in [0.2, 0.25) is 0 Å². The fourth-order valence-corrected chi connectivity index (χ4v) is 2.07. The molecule has 0 unspecified atom stereocenters. The molecule has 1 fully saturated rings. The van der Waals surface area contributed by atoms with Crippen molar-refractivity contribution in [3.05, 3.63) is 24.3 Å². The maximum absolute atomic E-state index is 12.9. The Balaban J connectivity index is 1.79. The van der Waals surface area contributed by atoms with Crippen molar-refractivity contribution in [2.45, 2.75) is 44.1 Å². The van der Waals surface area contributed by atoms with Crippen molar-refractivity contribution in [2.75, 3.05) is 0 Å². The van der Waals surface area contributed by atoms with Gasteiger partial charge in [0.1, 0.15) is 6.33 Å². The molecule has 1 saturated carbocycles. The molecular formula is C12H15F2N3O. The predicted octanol–water partition coefficient (Wildman–Crippen LogP) is 1.71. The molecule has 1 aromatic rings. The highest BCUT2D eigenvalue weighted by Gasteiger charge is 2.35. The van der Waals surface area contributed by atoms with Crippen LogP contribution in [0.5, 0.6) is 0 Å². The Labute approximate surface area is 104 Å². The Bertz CT molecular complexity index is 401. The second kappa shape index (κ2) is 5.37. The lowest BCUT2D eigenvalue weighted by Gasteiger charge is -2.28. The summed E-state index contributed by atoms with van der Waals surface area (Å²) in [5.41, 5.74) is 0.719. The molecule has 4 nitrogen and oxygen atoms in total. The van der Waals surface area contributed by atoms with Gasteiger partial charge in [-0.05, 0) is 18.4 Å². The van der Waals surface area contributed by atoms with E-state index in [1.165, 1.54) is 6.33 Å². The number of hydrogen-bond donors (Lipinski definition) is 1. The Morgan fingerprint density at radius 3 is 2.56 bits per heavy atom. The molecule has 0 atom stereocenters. The fourth-order valence-electron chi connectivity index (χ4n) is 2.07. The molecule has 1 heterocycles. The summed E-state index contributed by atoms with van der Waals surface area (Å²) in [6, 6.07) is -0.137. The van der Waals surface area contributed by atoms with Crippen molar-refractivity contribution < 1.29 is 13.6 Å². The molecule has 2 rings (SSSR count). The van der Waals surface area contributed by atoms with Crippen LogP contribution in [0.15, 0.2) is 18.7 Å². The van der Waals surface area contributed by atoms with E-state index in [1.807, 2.05) is 0 Å². The van der Waals surface area contributed by atoms with Crippen LogP contribution in [0.3, 0.4) is 0 Å². The average Bonchev–Trinajstić information content (AvgIpc) is 2.33. The van der Waals surface area contributed by atoms with E-state index < -0.39 is 5.92 Å². The highest BCUT2D eigenvalue weighted by molar-refractivity contribution is 5.78. The van der Waals surface area contributed by atoms with Crippen LogP contribution in [0.1, 0.15) is 31.2 Å². The van der Waals surface area contributed by atoms with E-state index in [1.54, 1.807) is 12.4 Å². The van der Waals surface area contributed by atoms with Crippen LogP contribution < -0.4 is 5.32 Å². The van der Waals surface area contributed by atoms with Gasteiger partial charge in [0, 0.05) is 31.3 Å². The van der Waals surface area contributed by atoms with Gasteiger partial charge in [-0.25, -0.2) is 18.7 Å². The molecule has 0 saturated heterocycles. The number of halogens is 2. The maximum atomic E-state index is 12.9. The van der Waals surface area contributed by atoms with Crippen LogP contribution in [-0.2, 0) is 11.2 Å². The van der Waals surface area contributed by atoms with Crippen LogP contribution in [0.4, 0.5) is 8.78 Å². The highest BCUT2D eigenvalue weighted by Crippen LogP contribution is 2.32. The molecule has 0 radical (unpaired) electrons. The summed E-state index contributed by atoms with van der Waals surface area (Å²) in [7, 11) is 0. The van der Waals surface area contributed by atoms with E-state index in [0.29, 0.717) is 12.8 Å². The van der Waals surface area contributed by atoms with E-state index in [0.717, 1.165) is 5.56 Å². The molecular weight excluding hydrogens is 240 g/mol. The summed E-state index contributed by atoms with van der Waals surface area (Å²) in [5, 5.41) is 2.78. The SMILES string of the molecule is O=C(Cc1cncnc1)NC1CCC(F)(F)CC1. The number of rotatable bonds is 3. The van der Waals surface area contributed by atoms with Gasteiger partial charge in [-0.3, -0.25) is 4.79 Å². The van der Waals surface area contributed by atoms with Gasteiger partial charge >= 0.3 is 0 Å². The molecule has 98 valence electrons. The highest BCUT2D eigenvalue weighted by atomic mass is 19.3. The Morgan fingerprint density at radius 1 is 1.33 bits per heavy atom. The molecule has 1 amide bonds. The molecule has 0 aromatic carbocycles. The van der Waals surface area contributed by atoms with Crippen molar-refractivity contribution in [3.8, 4) is 0 Å². The second-order valence-corrected chi connectivity index (χ2v) is 4.62. The van der Waals surface area contributed by atoms with Crippen molar-refractivity contribution in [3.63, 3.8) is 0 Å². The Kier molecular flexibility index (Phi) is 3.84. The number of nitrogens with one attached hydrogen (secondary N) is 1. The van der Waals surface area contributed by atoms with E-state index in [9.17, 15) is 13.6 Å². The van der Waals surface area contributed by atoms with Crippen LogP contribution >= 0.6 is 0 Å². The number of carbonyl (C=O) groups excluding carboxylic acids is 1. The Morgan fingerprint density at radius 2 is 1.94 bits per heavy atom. The molecule has 18 heavy (non-hydrogen) atoms. The lowest BCUT2D eigenvalue weighted by atomic mass is 9.92. The minimum absolute atomic E-state index is 0.137. The smallest absolute Gasteiger partial charge is 0.248 e. The van der Waals surface area contributed by atoms with Gasteiger partial charge in [0.15, 0.2) is 0 Å². The summed E-state index contributed by atoms with van der Waals surface area (Å²) >= 11 is 0. The van der Waals surface area contributed by atoms with Crippen molar-refractivity contribution in [1.29, 1.82) is 0 Å². The van der Waals surface area contributed by atoms with Gasteiger partial charge in [-0.15, -0.1) is 0 Å².